The first-order valence-electron chi connectivity index (χ1n) is 3.59. The summed E-state index contributed by atoms with van der Waals surface area (Å²) in [6, 6.07) is 2.81. The standard InChI is InChI=1S/C7H7BrN2O3/c1-2-13-6-4-3-5(10(11)12)7(8)9-6/h3-4H,2H2,1H3. The molecule has 0 aliphatic heterocycles. The molecule has 1 rings (SSSR count). The van der Waals surface area contributed by atoms with Crippen LogP contribution in [0.1, 0.15) is 6.92 Å². The molecule has 0 radical (unpaired) electrons. The van der Waals surface area contributed by atoms with Crippen molar-refractivity contribution in [1.29, 1.82) is 0 Å². The van der Waals surface area contributed by atoms with Crippen LogP contribution in [0.15, 0.2) is 16.7 Å². The van der Waals surface area contributed by atoms with Gasteiger partial charge in [-0.3, -0.25) is 10.1 Å². The molecular weight excluding hydrogens is 240 g/mol. The van der Waals surface area contributed by atoms with Crippen LogP contribution in [0.3, 0.4) is 0 Å². The van der Waals surface area contributed by atoms with Crippen molar-refractivity contribution < 1.29 is 9.66 Å². The van der Waals surface area contributed by atoms with Crippen LogP contribution in [0, 0.1) is 10.1 Å². The van der Waals surface area contributed by atoms with Crippen molar-refractivity contribution in [2.24, 2.45) is 0 Å². The average Bonchev–Trinajstić information content (AvgIpc) is 2.04. The summed E-state index contributed by atoms with van der Waals surface area (Å²) in [5.41, 5.74) is -0.0662. The van der Waals surface area contributed by atoms with E-state index >= 15 is 0 Å². The van der Waals surface area contributed by atoms with E-state index in [2.05, 4.69) is 20.9 Å². The SMILES string of the molecule is CCOc1ccc([N+](=O)[O-])c(Br)n1. The lowest BCUT2D eigenvalue weighted by Gasteiger charge is -2.01. The molecule has 0 aliphatic carbocycles. The van der Waals surface area contributed by atoms with E-state index in [0.717, 1.165) is 0 Å². The number of nitro groups is 1. The van der Waals surface area contributed by atoms with Crippen LogP contribution >= 0.6 is 15.9 Å². The summed E-state index contributed by atoms with van der Waals surface area (Å²) in [6.07, 6.45) is 0. The molecule has 70 valence electrons. The van der Waals surface area contributed by atoms with Crippen molar-refractivity contribution in [3.63, 3.8) is 0 Å². The maximum atomic E-state index is 10.4. The van der Waals surface area contributed by atoms with Crippen LogP contribution in [0.25, 0.3) is 0 Å². The van der Waals surface area contributed by atoms with Crippen molar-refractivity contribution in [2.45, 2.75) is 6.92 Å². The van der Waals surface area contributed by atoms with E-state index in [1.54, 1.807) is 0 Å². The number of aromatic nitrogens is 1. The van der Waals surface area contributed by atoms with Gasteiger partial charge in [-0.15, -0.1) is 0 Å². The fraction of sp³-hybridized carbons (Fsp3) is 0.286. The molecule has 0 amide bonds. The fourth-order valence-corrected chi connectivity index (χ4v) is 1.23. The number of hydrogen-bond acceptors (Lipinski definition) is 4. The third kappa shape index (κ3) is 2.38. The zero-order chi connectivity index (χ0) is 9.84. The van der Waals surface area contributed by atoms with Crippen molar-refractivity contribution in [2.75, 3.05) is 6.61 Å². The first-order chi connectivity index (χ1) is 6.15. The molecule has 5 nitrogen and oxygen atoms in total. The van der Waals surface area contributed by atoms with Crippen molar-refractivity contribution in [1.82, 2.24) is 4.98 Å². The highest BCUT2D eigenvalue weighted by Crippen LogP contribution is 2.24. The quantitative estimate of drug-likeness (QED) is 0.466. The second kappa shape index (κ2) is 4.18. The molecular formula is C7H7BrN2O3. The molecule has 0 atom stereocenters. The van der Waals surface area contributed by atoms with Crippen LogP contribution in [-0.4, -0.2) is 16.5 Å². The summed E-state index contributed by atoms with van der Waals surface area (Å²) >= 11 is 2.98. The summed E-state index contributed by atoms with van der Waals surface area (Å²) in [5.74, 6) is 0.375. The number of hydrogen-bond donors (Lipinski definition) is 0. The molecule has 0 unspecified atom stereocenters. The molecule has 0 saturated carbocycles. The molecule has 0 aliphatic rings. The highest BCUT2D eigenvalue weighted by molar-refractivity contribution is 9.10. The molecule has 0 spiro atoms. The Balaban J connectivity index is 2.98. The second-order valence-electron chi connectivity index (χ2n) is 2.15. The van der Waals surface area contributed by atoms with Crippen molar-refractivity contribution in [3.8, 4) is 5.88 Å². The topological polar surface area (TPSA) is 65.3 Å². The van der Waals surface area contributed by atoms with Gasteiger partial charge in [0.1, 0.15) is 0 Å². The van der Waals surface area contributed by atoms with Crippen molar-refractivity contribution in [3.05, 3.63) is 26.9 Å². The Morgan fingerprint density at radius 3 is 2.85 bits per heavy atom. The Kier molecular flexibility index (Phi) is 3.18. The molecule has 1 aromatic rings. The minimum absolute atomic E-state index is 0.0662. The molecule has 0 saturated heterocycles. The first kappa shape index (κ1) is 9.91. The van der Waals surface area contributed by atoms with Gasteiger partial charge in [0.15, 0.2) is 4.60 Å². The van der Waals surface area contributed by atoms with E-state index in [1.165, 1.54) is 12.1 Å². The maximum absolute atomic E-state index is 10.4. The lowest BCUT2D eigenvalue weighted by molar-refractivity contribution is -0.386. The largest absolute Gasteiger partial charge is 0.478 e. The predicted molar refractivity (Wildman–Crippen MR) is 49.8 cm³/mol. The molecule has 0 bridgehead atoms. The van der Waals surface area contributed by atoms with Crippen LogP contribution in [0.5, 0.6) is 5.88 Å². The summed E-state index contributed by atoms with van der Waals surface area (Å²) in [7, 11) is 0. The van der Waals surface area contributed by atoms with Gasteiger partial charge in [0.2, 0.25) is 5.88 Å². The number of rotatable bonds is 3. The Morgan fingerprint density at radius 1 is 1.69 bits per heavy atom. The van der Waals surface area contributed by atoms with Gasteiger partial charge in [0.25, 0.3) is 0 Å². The normalized spacial score (nSPS) is 9.69. The highest BCUT2D eigenvalue weighted by atomic mass is 79.9. The fourth-order valence-electron chi connectivity index (χ4n) is 0.775. The Morgan fingerprint density at radius 2 is 2.38 bits per heavy atom. The Bertz CT molecular complexity index is 330. The lowest BCUT2D eigenvalue weighted by Crippen LogP contribution is -1.97. The summed E-state index contributed by atoms with van der Waals surface area (Å²) in [4.78, 5) is 13.7. The van der Waals surface area contributed by atoms with Gasteiger partial charge < -0.3 is 4.74 Å². The molecule has 1 heterocycles. The average molecular weight is 247 g/mol. The highest BCUT2D eigenvalue weighted by Gasteiger charge is 2.13. The van der Waals surface area contributed by atoms with E-state index in [4.69, 9.17) is 4.74 Å². The van der Waals surface area contributed by atoms with Gasteiger partial charge in [0.05, 0.1) is 11.5 Å². The van der Waals surface area contributed by atoms with Gasteiger partial charge >= 0.3 is 5.69 Å². The lowest BCUT2D eigenvalue weighted by atomic mass is 10.4. The smallest absolute Gasteiger partial charge is 0.302 e. The zero-order valence-corrected chi connectivity index (χ0v) is 8.44. The second-order valence-corrected chi connectivity index (χ2v) is 2.90. The van der Waals surface area contributed by atoms with E-state index in [9.17, 15) is 10.1 Å². The van der Waals surface area contributed by atoms with E-state index < -0.39 is 4.92 Å². The van der Waals surface area contributed by atoms with Crippen molar-refractivity contribution >= 4 is 21.6 Å². The van der Waals surface area contributed by atoms with Crippen LogP contribution in [-0.2, 0) is 0 Å². The number of ether oxygens (including phenoxy) is 1. The molecule has 0 N–H and O–H groups in total. The summed E-state index contributed by atoms with van der Waals surface area (Å²) in [6.45, 7) is 2.30. The molecule has 6 heteroatoms. The van der Waals surface area contributed by atoms with E-state index in [1.807, 2.05) is 6.92 Å². The number of nitrogens with zero attached hydrogens (tertiary/aromatic N) is 2. The first-order valence-corrected chi connectivity index (χ1v) is 4.38. The van der Waals surface area contributed by atoms with Crippen LogP contribution < -0.4 is 4.74 Å². The molecule has 0 aromatic carbocycles. The van der Waals surface area contributed by atoms with Crippen LogP contribution in [0.4, 0.5) is 5.69 Å². The third-order valence-corrected chi connectivity index (χ3v) is 1.88. The van der Waals surface area contributed by atoms with Gasteiger partial charge in [-0.2, -0.15) is 4.98 Å². The minimum atomic E-state index is -0.507. The van der Waals surface area contributed by atoms with Gasteiger partial charge in [0, 0.05) is 12.1 Å². The predicted octanol–water partition coefficient (Wildman–Crippen LogP) is 2.15. The molecule has 0 fully saturated rings. The summed E-state index contributed by atoms with van der Waals surface area (Å²) in [5, 5.41) is 10.4. The van der Waals surface area contributed by atoms with E-state index in [-0.39, 0.29) is 10.3 Å². The van der Waals surface area contributed by atoms with Gasteiger partial charge in [-0.1, -0.05) is 0 Å². The Hall–Kier alpha value is -1.17. The Labute approximate surface area is 83.0 Å². The summed E-state index contributed by atoms with van der Waals surface area (Å²) < 4.78 is 5.24. The minimum Gasteiger partial charge on any atom is -0.478 e. The van der Waals surface area contributed by atoms with Crippen LogP contribution in [0.2, 0.25) is 0 Å². The molecule has 13 heavy (non-hydrogen) atoms. The monoisotopic (exact) mass is 246 g/mol. The number of pyridine rings is 1. The zero-order valence-electron chi connectivity index (χ0n) is 6.86. The van der Waals surface area contributed by atoms with E-state index in [0.29, 0.717) is 12.5 Å². The van der Waals surface area contributed by atoms with Gasteiger partial charge in [-0.25, -0.2) is 0 Å². The maximum Gasteiger partial charge on any atom is 0.302 e. The molecule has 1 aromatic heterocycles. The number of halogens is 1. The third-order valence-electron chi connectivity index (χ3n) is 1.29. The van der Waals surface area contributed by atoms with Gasteiger partial charge in [-0.05, 0) is 22.9 Å².